The molecule has 0 aliphatic rings. The van der Waals surface area contributed by atoms with E-state index in [2.05, 4.69) is 25.8 Å². The van der Waals surface area contributed by atoms with Crippen LogP contribution in [-0.2, 0) is 12.6 Å². The molecule has 0 saturated heterocycles. The lowest BCUT2D eigenvalue weighted by Crippen LogP contribution is -2.39. The monoisotopic (exact) mass is 418 g/mol. The van der Waals surface area contributed by atoms with Gasteiger partial charge in [-0.1, -0.05) is 31.2 Å². The van der Waals surface area contributed by atoms with Crippen LogP contribution in [0.2, 0.25) is 0 Å². The fourth-order valence-electron chi connectivity index (χ4n) is 3.17. The maximum absolute atomic E-state index is 12.9. The second-order valence-corrected chi connectivity index (χ2v) is 7.03. The maximum atomic E-state index is 12.9. The zero-order valence-corrected chi connectivity index (χ0v) is 16.9. The van der Waals surface area contributed by atoms with Gasteiger partial charge in [-0.2, -0.15) is 13.2 Å². The number of aliphatic imine (C=N–C) groups is 1. The third-order valence-corrected chi connectivity index (χ3v) is 4.90. The van der Waals surface area contributed by atoms with E-state index in [0.717, 1.165) is 17.5 Å². The molecule has 3 rings (SSSR count). The van der Waals surface area contributed by atoms with Gasteiger partial charge in [-0.3, -0.25) is 9.39 Å². The molecule has 160 valence electrons. The molecule has 3 aromatic rings. The summed E-state index contributed by atoms with van der Waals surface area (Å²) in [6, 6.07) is 11.2. The Labute approximate surface area is 173 Å². The van der Waals surface area contributed by atoms with Crippen molar-refractivity contribution in [3.63, 3.8) is 0 Å². The Bertz CT molecular complexity index is 996. The van der Waals surface area contributed by atoms with Gasteiger partial charge in [0.1, 0.15) is 5.82 Å². The average molecular weight is 418 g/mol. The van der Waals surface area contributed by atoms with Crippen molar-refractivity contribution >= 4 is 11.6 Å². The Balaban J connectivity index is 1.45. The Morgan fingerprint density at radius 3 is 2.67 bits per heavy atom. The number of guanidine groups is 1. The summed E-state index contributed by atoms with van der Waals surface area (Å²) >= 11 is 0. The van der Waals surface area contributed by atoms with Crippen LogP contribution in [0.3, 0.4) is 0 Å². The second kappa shape index (κ2) is 9.60. The van der Waals surface area contributed by atoms with Crippen LogP contribution in [0.4, 0.5) is 13.2 Å². The molecular formula is C21H25F3N6. The second-order valence-electron chi connectivity index (χ2n) is 7.03. The zero-order valence-electron chi connectivity index (χ0n) is 16.9. The van der Waals surface area contributed by atoms with Crippen LogP contribution < -0.4 is 10.6 Å². The van der Waals surface area contributed by atoms with Crippen LogP contribution in [-0.4, -0.2) is 40.7 Å². The van der Waals surface area contributed by atoms with Gasteiger partial charge in [0.2, 0.25) is 0 Å². The van der Waals surface area contributed by atoms with E-state index in [-0.39, 0.29) is 5.92 Å². The Hall–Kier alpha value is -3.10. The average Bonchev–Trinajstić information content (AvgIpc) is 3.15. The lowest BCUT2D eigenvalue weighted by atomic mass is 9.96. The minimum absolute atomic E-state index is 0.0136. The van der Waals surface area contributed by atoms with Crippen molar-refractivity contribution in [3.8, 4) is 0 Å². The van der Waals surface area contributed by atoms with Crippen LogP contribution in [0.1, 0.15) is 36.2 Å². The normalized spacial score (nSPS) is 13.4. The van der Waals surface area contributed by atoms with Gasteiger partial charge in [-0.15, -0.1) is 10.2 Å². The van der Waals surface area contributed by atoms with Gasteiger partial charge >= 0.3 is 6.18 Å². The van der Waals surface area contributed by atoms with E-state index in [9.17, 15) is 13.2 Å². The smallest absolute Gasteiger partial charge is 0.356 e. The standard InChI is InChI=1S/C21H25F3N6/c1-15(16-6-5-7-17(14-16)21(22,23)24)9-11-26-20(25-2)27-12-10-19-29-28-18-8-3-4-13-30(18)19/h3-8,13-15H,9-12H2,1-2H3,(H2,25,26,27). The quantitative estimate of drug-likeness (QED) is 0.454. The van der Waals surface area contributed by atoms with Crippen molar-refractivity contribution < 1.29 is 13.2 Å². The summed E-state index contributed by atoms with van der Waals surface area (Å²) < 4.78 is 40.6. The molecule has 0 saturated carbocycles. The molecule has 2 aromatic heterocycles. The molecule has 1 atom stereocenters. The fourth-order valence-corrected chi connectivity index (χ4v) is 3.17. The van der Waals surface area contributed by atoms with Crippen LogP contribution in [0.15, 0.2) is 53.7 Å². The van der Waals surface area contributed by atoms with E-state index in [1.165, 1.54) is 12.1 Å². The first kappa shape index (κ1) is 21.6. The maximum Gasteiger partial charge on any atom is 0.416 e. The lowest BCUT2D eigenvalue weighted by molar-refractivity contribution is -0.137. The number of fused-ring (bicyclic) bond motifs is 1. The number of hydrogen-bond donors (Lipinski definition) is 2. The third kappa shape index (κ3) is 5.49. The first-order chi connectivity index (χ1) is 14.4. The number of alkyl halides is 3. The van der Waals surface area contributed by atoms with Gasteiger partial charge < -0.3 is 10.6 Å². The van der Waals surface area contributed by atoms with Crippen LogP contribution >= 0.6 is 0 Å². The number of rotatable bonds is 7. The molecule has 1 aromatic carbocycles. The van der Waals surface area contributed by atoms with E-state index < -0.39 is 11.7 Å². The number of aromatic nitrogens is 3. The predicted octanol–water partition coefficient (Wildman–Crippen LogP) is 3.65. The van der Waals surface area contributed by atoms with Crippen molar-refractivity contribution in [1.82, 2.24) is 25.2 Å². The van der Waals surface area contributed by atoms with E-state index in [0.29, 0.717) is 37.5 Å². The molecule has 0 aliphatic heterocycles. The summed E-state index contributed by atoms with van der Waals surface area (Å²) in [4.78, 5) is 4.19. The van der Waals surface area contributed by atoms with Gasteiger partial charge in [0.15, 0.2) is 11.6 Å². The van der Waals surface area contributed by atoms with Crippen LogP contribution in [0, 0.1) is 0 Å². The number of pyridine rings is 1. The number of benzene rings is 1. The van der Waals surface area contributed by atoms with Crippen LogP contribution in [0.5, 0.6) is 0 Å². The topological polar surface area (TPSA) is 66.6 Å². The summed E-state index contributed by atoms with van der Waals surface area (Å²) in [5.41, 5.74) is 0.866. The molecule has 9 heteroatoms. The molecule has 0 fully saturated rings. The Morgan fingerprint density at radius 2 is 1.90 bits per heavy atom. The van der Waals surface area contributed by atoms with Crippen LogP contribution in [0.25, 0.3) is 5.65 Å². The molecule has 0 aliphatic carbocycles. The fraction of sp³-hybridized carbons (Fsp3) is 0.381. The first-order valence-corrected chi connectivity index (χ1v) is 9.79. The minimum atomic E-state index is -4.32. The number of nitrogens with one attached hydrogen (secondary N) is 2. The first-order valence-electron chi connectivity index (χ1n) is 9.79. The molecule has 0 radical (unpaired) electrons. The number of halogens is 3. The van der Waals surface area contributed by atoms with Crippen molar-refractivity contribution in [2.45, 2.75) is 31.9 Å². The highest BCUT2D eigenvalue weighted by Crippen LogP contribution is 2.31. The number of nitrogens with zero attached hydrogens (tertiary/aromatic N) is 4. The van der Waals surface area contributed by atoms with E-state index >= 15 is 0 Å². The Morgan fingerprint density at radius 1 is 1.10 bits per heavy atom. The van der Waals surface area contributed by atoms with Crippen molar-refractivity contribution in [2.24, 2.45) is 4.99 Å². The highest BCUT2D eigenvalue weighted by molar-refractivity contribution is 5.79. The van der Waals surface area contributed by atoms with Gasteiger partial charge in [-0.25, -0.2) is 0 Å². The van der Waals surface area contributed by atoms with E-state index in [1.807, 2.05) is 35.7 Å². The summed E-state index contributed by atoms with van der Waals surface area (Å²) in [5.74, 6) is 1.48. The molecule has 30 heavy (non-hydrogen) atoms. The van der Waals surface area contributed by atoms with Crippen molar-refractivity contribution in [1.29, 1.82) is 0 Å². The van der Waals surface area contributed by atoms with Crippen molar-refractivity contribution in [3.05, 3.63) is 65.6 Å². The van der Waals surface area contributed by atoms with Gasteiger partial charge in [0.25, 0.3) is 0 Å². The van der Waals surface area contributed by atoms with Gasteiger partial charge in [-0.05, 0) is 36.1 Å². The van der Waals surface area contributed by atoms with Gasteiger partial charge in [0.05, 0.1) is 5.56 Å². The molecule has 2 heterocycles. The molecule has 0 spiro atoms. The lowest BCUT2D eigenvalue weighted by Gasteiger charge is -2.16. The minimum Gasteiger partial charge on any atom is -0.356 e. The highest BCUT2D eigenvalue weighted by Gasteiger charge is 2.30. The largest absolute Gasteiger partial charge is 0.416 e. The van der Waals surface area contributed by atoms with Crippen molar-refractivity contribution in [2.75, 3.05) is 20.1 Å². The molecule has 0 bridgehead atoms. The van der Waals surface area contributed by atoms with Gasteiger partial charge in [0, 0.05) is 32.8 Å². The third-order valence-electron chi connectivity index (χ3n) is 4.90. The summed E-state index contributed by atoms with van der Waals surface area (Å²) in [7, 11) is 1.68. The molecule has 1 unspecified atom stereocenters. The summed E-state index contributed by atoms with van der Waals surface area (Å²) in [5, 5.41) is 14.7. The predicted molar refractivity (Wildman–Crippen MR) is 111 cm³/mol. The van der Waals surface area contributed by atoms with E-state index in [1.54, 1.807) is 13.1 Å². The summed E-state index contributed by atoms with van der Waals surface area (Å²) in [6.45, 7) is 3.13. The summed E-state index contributed by atoms with van der Waals surface area (Å²) in [6.07, 6.45) is -1.05. The number of hydrogen-bond acceptors (Lipinski definition) is 3. The SMILES string of the molecule is CN=C(NCCc1nnc2ccccn12)NCCC(C)c1cccc(C(F)(F)F)c1. The molecule has 0 amide bonds. The molecule has 6 nitrogen and oxygen atoms in total. The molecular weight excluding hydrogens is 393 g/mol. The Kier molecular flexibility index (Phi) is 6.91. The van der Waals surface area contributed by atoms with E-state index in [4.69, 9.17) is 0 Å². The highest BCUT2D eigenvalue weighted by atomic mass is 19.4. The zero-order chi connectivity index (χ0) is 21.6. The molecule has 2 N–H and O–H groups in total.